The summed E-state index contributed by atoms with van der Waals surface area (Å²) < 4.78 is 11.3. The lowest BCUT2D eigenvalue weighted by Crippen LogP contribution is -2.57. The molecular weight excluding hydrogens is 216 g/mol. The SMILES string of the molecule is COC(C)(C)C(N)CN1CCOC2CCCC21. The maximum Gasteiger partial charge on any atom is 0.0785 e. The summed E-state index contributed by atoms with van der Waals surface area (Å²) in [5.74, 6) is 0. The van der Waals surface area contributed by atoms with E-state index in [1.807, 2.05) is 0 Å². The van der Waals surface area contributed by atoms with Gasteiger partial charge in [0.25, 0.3) is 0 Å². The Hall–Kier alpha value is -0.160. The Morgan fingerprint density at radius 2 is 2.24 bits per heavy atom. The molecule has 0 aromatic carbocycles. The van der Waals surface area contributed by atoms with Gasteiger partial charge in [-0.05, 0) is 33.1 Å². The van der Waals surface area contributed by atoms with Gasteiger partial charge >= 0.3 is 0 Å². The Kier molecular flexibility index (Phi) is 4.08. The molecule has 0 spiro atoms. The fraction of sp³-hybridized carbons (Fsp3) is 1.00. The summed E-state index contributed by atoms with van der Waals surface area (Å²) in [6, 6.07) is 0.634. The predicted molar refractivity (Wildman–Crippen MR) is 68.0 cm³/mol. The average Bonchev–Trinajstić information content (AvgIpc) is 2.78. The normalized spacial score (nSPS) is 32.5. The molecule has 4 heteroatoms. The molecule has 2 rings (SSSR count). The minimum Gasteiger partial charge on any atom is -0.377 e. The van der Waals surface area contributed by atoms with Crippen LogP contribution < -0.4 is 5.73 Å². The lowest BCUT2D eigenvalue weighted by atomic mass is 9.97. The number of ether oxygens (including phenoxy) is 2. The van der Waals surface area contributed by atoms with E-state index >= 15 is 0 Å². The van der Waals surface area contributed by atoms with Crippen molar-refractivity contribution in [3.8, 4) is 0 Å². The first-order chi connectivity index (χ1) is 8.04. The molecule has 1 aliphatic carbocycles. The van der Waals surface area contributed by atoms with E-state index in [-0.39, 0.29) is 11.6 Å². The maximum absolute atomic E-state index is 6.27. The second-order valence-corrected chi connectivity index (χ2v) is 5.82. The number of methoxy groups -OCH3 is 1. The third-order valence-electron chi connectivity index (χ3n) is 4.45. The van der Waals surface area contributed by atoms with Gasteiger partial charge in [0.2, 0.25) is 0 Å². The smallest absolute Gasteiger partial charge is 0.0785 e. The Bertz CT molecular complexity index is 258. The van der Waals surface area contributed by atoms with Crippen LogP contribution in [0.2, 0.25) is 0 Å². The van der Waals surface area contributed by atoms with E-state index in [4.69, 9.17) is 15.2 Å². The Morgan fingerprint density at radius 3 is 2.94 bits per heavy atom. The van der Waals surface area contributed by atoms with Gasteiger partial charge in [0, 0.05) is 32.3 Å². The van der Waals surface area contributed by atoms with Crippen LogP contribution in [0, 0.1) is 0 Å². The van der Waals surface area contributed by atoms with Crippen molar-refractivity contribution in [1.82, 2.24) is 4.90 Å². The third-order valence-corrected chi connectivity index (χ3v) is 4.45. The van der Waals surface area contributed by atoms with Crippen LogP contribution in [0.1, 0.15) is 33.1 Å². The van der Waals surface area contributed by atoms with Crippen LogP contribution in [0.5, 0.6) is 0 Å². The van der Waals surface area contributed by atoms with E-state index in [1.54, 1.807) is 7.11 Å². The van der Waals surface area contributed by atoms with Gasteiger partial charge in [-0.2, -0.15) is 0 Å². The van der Waals surface area contributed by atoms with Gasteiger partial charge in [0.1, 0.15) is 0 Å². The van der Waals surface area contributed by atoms with E-state index in [9.17, 15) is 0 Å². The number of hydrogen-bond acceptors (Lipinski definition) is 4. The first-order valence-electron chi connectivity index (χ1n) is 6.71. The molecule has 2 aliphatic rings. The van der Waals surface area contributed by atoms with E-state index in [0.29, 0.717) is 12.1 Å². The molecule has 1 aliphatic heterocycles. The van der Waals surface area contributed by atoms with Crippen molar-refractivity contribution in [2.75, 3.05) is 26.8 Å². The lowest BCUT2D eigenvalue weighted by Gasteiger charge is -2.41. The molecule has 0 radical (unpaired) electrons. The van der Waals surface area contributed by atoms with Crippen LogP contribution in [-0.4, -0.2) is 55.5 Å². The van der Waals surface area contributed by atoms with Crippen molar-refractivity contribution >= 4 is 0 Å². The highest BCUT2D eigenvalue weighted by Crippen LogP contribution is 2.30. The molecule has 100 valence electrons. The third kappa shape index (κ3) is 2.81. The zero-order valence-corrected chi connectivity index (χ0v) is 11.3. The van der Waals surface area contributed by atoms with Crippen molar-refractivity contribution in [3.63, 3.8) is 0 Å². The van der Waals surface area contributed by atoms with Crippen molar-refractivity contribution in [3.05, 3.63) is 0 Å². The molecule has 3 atom stereocenters. The molecule has 1 saturated heterocycles. The first kappa shape index (κ1) is 13.3. The quantitative estimate of drug-likeness (QED) is 0.799. The molecule has 4 nitrogen and oxygen atoms in total. The van der Waals surface area contributed by atoms with Gasteiger partial charge in [-0.25, -0.2) is 0 Å². The number of fused-ring (bicyclic) bond motifs is 1. The summed E-state index contributed by atoms with van der Waals surface area (Å²) in [5, 5.41) is 0. The number of nitrogens with two attached hydrogens (primary N) is 1. The first-order valence-corrected chi connectivity index (χ1v) is 6.71. The van der Waals surface area contributed by atoms with E-state index in [0.717, 1.165) is 19.7 Å². The maximum atomic E-state index is 6.27. The summed E-state index contributed by atoms with van der Waals surface area (Å²) in [5.41, 5.74) is 6.01. The number of hydrogen-bond donors (Lipinski definition) is 1. The molecule has 3 unspecified atom stereocenters. The van der Waals surface area contributed by atoms with Gasteiger partial charge in [0.15, 0.2) is 0 Å². The van der Waals surface area contributed by atoms with Crippen LogP contribution in [-0.2, 0) is 9.47 Å². The molecule has 0 aromatic heterocycles. The Morgan fingerprint density at radius 1 is 1.47 bits per heavy atom. The fourth-order valence-corrected chi connectivity index (χ4v) is 2.86. The summed E-state index contributed by atoms with van der Waals surface area (Å²) in [6.07, 6.45) is 4.20. The molecule has 0 amide bonds. The van der Waals surface area contributed by atoms with Crippen LogP contribution in [0.3, 0.4) is 0 Å². The summed E-state index contributed by atoms with van der Waals surface area (Å²) in [6.45, 7) is 6.88. The number of morpholine rings is 1. The standard InChI is InChI=1S/C13H26N2O2/c1-13(2,16-3)12(14)9-15-7-8-17-11-6-4-5-10(11)15/h10-12H,4-9,14H2,1-3H3. The monoisotopic (exact) mass is 242 g/mol. The van der Waals surface area contributed by atoms with Gasteiger partial charge in [-0.1, -0.05) is 0 Å². The minimum atomic E-state index is -0.258. The van der Waals surface area contributed by atoms with Crippen molar-refractivity contribution < 1.29 is 9.47 Å². The molecule has 17 heavy (non-hydrogen) atoms. The van der Waals surface area contributed by atoms with Gasteiger partial charge in [0.05, 0.1) is 18.3 Å². The van der Waals surface area contributed by atoms with E-state index in [2.05, 4.69) is 18.7 Å². The van der Waals surface area contributed by atoms with E-state index in [1.165, 1.54) is 19.3 Å². The van der Waals surface area contributed by atoms with Gasteiger partial charge in [-0.15, -0.1) is 0 Å². The fourth-order valence-electron chi connectivity index (χ4n) is 2.86. The molecule has 1 saturated carbocycles. The Balaban J connectivity index is 1.93. The highest BCUT2D eigenvalue weighted by atomic mass is 16.5. The molecule has 0 aromatic rings. The van der Waals surface area contributed by atoms with Crippen LogP contribution >= 0.6 is 0 Å². The lowest BCUT2D eigenvalue weighted by molar-refractivity contribution is -0.0715. The second-order valence-electron chi connectivity index (χ2n) is 5.82. The summed E-state index contributed by atoms with van der Waals surface area (Å²) in [7, 11) is 1.73. The highest BCUT2D eigenvalue weighted by Gasteiger charge is 2.38. The van der Waals surface area contributed by atoms with Crippen LogP contribution in [0.25, 0.3) is 0 Å². The minimum absolute atomic E-state index is 0.0480. The summed E-state index contributed by atoms with van der Waals surface area (Å²) in [4.78, 5) is 2.51. The molecule has 0 bridgehead atoms. The van der Waals surface area contributed by atoms with Gasteiger partial charge in [-0.3, -0.25) is 4.90 Å². The van der Waals surface area contributed by atoms with Crippen molar-refractivity contribution in [2.24, 2.45) is 5.73 Å². The summed E-state index contributed by atoms with van der Waals surface area (Å²) >= 11 is 0. The molecule has 1 heterocycles. The van der Waals surface area contributed by atoms with Gasteiger partial charge < -0.3 is 15.2 Å². The zero-order valence-electron chi connectivity index (χ0n) is 11.3. The highest BCUT2D eigenvalue weighted by molar-refractivity contribution is 4.93. The largest absolute Gasteiger partial charge is 0.377 e. The topological polar surface area (TPSA) is 47.7 Å². The predicted octanol–water partition coefficient (Wildman–Crippen LogP) is 0.992. The van der Waals surface area contributed by atoms with Crippen LogP contribution in [0.4, 0.5) is 0 Å². The van der Waals surface area contributed by atoms with Crippen LogP contribution in [0.15, 0.2) is 0 Å². The Labute approximate surface area is 104 Å². The number of rotatable bonds is 4. The zero-order chi connectivity index (χ0) is 12.5. The average molecular weight is 242 g/mol. The van der Waals surface area contributed by atoms with E-state index < -0.39 is 0 Å². The molecule has 2 N–H and O–H groups in total. The molecule has 2 fully saturated rings. The number of nitrogens with zero attached hydrogens (tertiary/aromatic N) is 1. The van der Waals surface area contributed by atoms with Crippen molar-refractivity contribution in [1.29, 1.82) is 0 Å². The van der Waals surface area contributed by atoms with Crippen molar-refractivity contribution in [2.45, 2.75) is 56.9 Å². The molecular formula is C13H26N2O2. The second kappa shape index (κ2) is 5.22.